The van der Waals surface area contributed by atoms with Crippen LogP contribution in [0.2, 0.25) is 0 Å². The number of ketones is 2. The summed E-state index contributed by atoms with van der Waals surface area (Å²) in [5, 5.41) is 29.1. The molecule has 1 unspecified atom stereocenters. The van der Waals surface area contributed by atoms with Crippen LogP contribution >= 0.6 is 0 Å². The van der Waals surface area contributed by atoms with Gasteiger partial charge in [-0.3, -0.25) is 14.4 Å². The number of rotatable bonds is 5. The number of hydrogen-bond acceptors (Lipinski definition) is 8. The summed E-state index contributed by atoms with van der Waals surface area (Å²) < 4.78 is 52.2. The number of allylic oxidation sites excluding steroid dienone is 4. The summed E-state index contributed by atoms with van der Waals surface area (Å²) in [6.07, 6.45) is -3.48. The number of ether oxygens (including phenoxy) is 1. The number of esters is 1. The van der Waals surface area contributed by atoms with E-state index in [-0.39, 0.29) is 41.8 Å². The van der Waals surface area contributed by atoms with Crippen molar-refractivity contribution in [1.82, 2.24) is 0 Å². The quantitative estimate of drug-likeness (QED) is 0.209. The van der Waals surface area contributed by atoms with Crippen molar-refractivity contribution in [2.45, 2.75) is 84.7 Å². The number of aliphatic hydroxyl groups excluding tert-OH is 2. The lowest BCUT2D eigenvalue weighted by molar-refractivity contribution is -0.192. The van der Waals surface area contributed by atoms with Gasteiger partial charge in [-0.25, -0.2) is 9.18 Å². The molecule has 42 heavy (non-hydrogen) atoms. The van der Waals surface area contributed by atoms with E-state index < -0.39 is 65.3 Å². The molecule has 236 valence electrons. The topological polar surface area (TPSA) is 164 Å². The Bertz CT molecular complexity index is 1170. The lowest BCUT2D eigenvalue weighted by Gasteiger charge is -2.59. The normalized spacial score (nSPS) is 38.6. The van der Waals surface area contributed by atoms with Crippen LogP contribution in [0.3, 0.4) is 0 Å². The molecule has 0 amide bonds. The zero-order valence-electron chi connectivity index (χ0n) is 24.1. The van der Waals surface area contributed by atoms with E-state index in [1.807, 2.05) is 20.8 Å². The number of halogens is 4. The third-order valence-electron chi connectivity index (χ3n) is 9.83. The van der Waals surface area contributed by atoms with Crippen molar-refractivity contribution in [2.75, 3.05) is 0 Å². The average molecular weight is 606 g/mol. The zero-order chi connectivity index (χ0) is 32.1. The number of Topliss-reactive ketones (excluding diaryl/α,β-unsaturated/α-hetero) is 1. The molecule has 3 saturated carbocycles. The molecule has 0 aromatic carbocycles. The molecule has 4 aliphatic carbocycles. The molecule has 0 aromatic heterocycles. The second kappa shape index (κ2) is 11.8. The standard InChI is InChI=1S/C27H38FNO6.C2HF3O2/c1-12(2)22(29)24(33)35-25(34)23(32)20-13(3)8-16-15-10-18(28)17-9-14(30)6-7-26(17,4)21(15)19(31)11-27(16,20)5;3-2(4,5)1(6)7/h6-7,9,12-13,15-16,18-22,25,31,34H,8,10-11,29H2,1-5H3;(H,6,7)/t13-,15+,16+,18+,19+,20-,21-,22+,25?,26+,27+;/m1./s1. The first kappa shape index (κ1) is 33.9. The Morgan fingerprint density at radius 1 is 1.17 bits per heavy atom. The summed E-state index contributed by atoms with van der Waals surface area (Å²) >= 11 is 0. The van der Waals surface area contributed by atoms with Gasteiger partial charge in [0.15, 0.2) is 5.78 Å². The highest BCUT2D eigenvalue weighted by molar-refractivity contribution is 6.01. The van der Waals surface area contributed by atoms with Gasteiger partial charge in [-0.1, -0.05) is 40.7 Å². The number of fused-ring (bicyclic) bond motifs is 5. The Kier molecular flexibility index (Phi) is 9.51. The molecule has 13 heteroatoms. The van der Waals surface area contributed by atoms with Crippen molar-refractivity contribution in [3.8, 4) is 0 Å². The molecule has 5 N–H and O–H groups in total. The van der Waals surface area contributed by atoms with Gasteiger partial charge in [-0.15, -0.1) is 0 Å². The van der Waals surface area contributed by atoms with Crippen molar-refractivity contribution in [2.24, 2.45) is 52.1 Å². The maximum Gasteiger partial charge on any atom is 0.490 e. The van der Waals surface area contributed by atoms with Crippen molar-refractivity contribution in [1.29, 1.82) is 0 Å². The van der Waals surface area contributed by atoms with Gasteiger partial charge < -0.3 is 25.8 Å². The van der Waals surface area contributed by atoms with Crippen molar-refractivity contribution < 1.29 is 56.8 Å². The van der Waals surface area contributed by atoms with Crippen LogP contribution in [-0.2, 0) is 23.9 Å². The number of carbonyl (C=O) groups excluding carboxylic acids is 3. The van der Waals surface area contributed by atoms with Gasteiger partial charge in [0.05, 0.1) is 6.10 Å². The average Bonchev–Trinajstić information content (AvgIpc) is 3.13. The Hall–Kier alpha value is -2.64. The maximum absolute atomic E-state index is 15.5. The molecular formula is C29H39F4NO8. The van der Waals surface area contributed by atoms with Crippen LogP contribution in [0.15, 0.2) is 23.8 Å². The molecule has 4 rings (SSSR count). The van der Waals surface area contributed by atoms with Crippen LogP contribution in [0, 0.1) is 46.3 Å². The lowest BCUT2D eigenvalue weighted by Crippen LogP contribution is -2.58. The summed E-state index contributed by atoms with van der Waals surface area (Å²) in [4.78, 5) is 46.5. The number of aliphatic carboxylic acids is 1. The second-order valence-electron chi connectivity index (χ2n) is 12.8. The monoisotopic (exact) mass is 605 g/mol. The Morgan fingerprint density at radius 3 is 2.26 bits per heavy atom. The molecule has 11 atom stereocenters. The van der Waals surface area contributed by atoms with Crippen LogP contribution in [0.1, 0.15) is 53.9 Å². The van der Waals surface area contributed by atoms with Gasteiger partial charge in [0, 0.05) is 17.3 Å². The van der Waals surface area contributed by atoms with E-state index in [0.29, 0.717) is 18.4 Å². The molecular weight excluding hydrogens is 566 g/mol. The number of alkyl halides is 4. The summed E-state index contributed by atoms with van der Waals surface area (Å²) in [5.74, 6) is -6.01. The Morgan fingerprint density at radius 2 is 1.74 bits per heavy atom. The third-order valence-corrected chi connectivity index (χ3v) is 9.83. The van der Waals surface area contributed by atoms with Crippen molar-refractivity contribution >= 4 is 23.5 Å². The summed E-state index contributed by atoms with van der Waals surface area (Å²) in [6, 6.07) is -0.957. The van der Waals surface area contributed by atoms with Crippen molar-refractivity contribution in [3.63, 3.8) is 0 Å². The Balaban J connectivity index is 0.000000616. The molecule has 9 nitrogen and oxygen atoms in total. The maximum atomic E-state index is 15.5. The minimum atomic E-state index is -5.08. The highest BCUT2D eigenvalue weighted by Crippen LogP contribution is 2.67. The van der Waals surface area contributed by atoms with E-state index in [1.165, 1.54) is 12.2 Å². The fourth-order valence-corrected chi connectivity index (χ4v) is 7.98. The molecule has 4 aliphatic rings. The first-order valence-electron chi connectivity index (χ1n) is 13.9. The largest absolute Gasteiger partial charge is 0.490 e. The van der Waals surface area contributed by atoms with E-state index in [1.54, 1.807) is 19.9 Å². The molecule has 0 heterocycles. The van der Waals surface area contributed by atoms with Gasteiger partial charge >= 0.3 is 18.1 Å². The fourth-order valence-electron chi connectivity index (χ4n) is 7.98. The molecule has 0 saturated heterocycles. The number of carbonyl (C=O) groups is 4. The van der Waals surface area contributed by atoms with Crippen LogP contribution in [-0.4, -0.2) is 69.6 Å². The lowest BCUT2D eigenvalue weighted by atomic mass is 9.46. The summed E-state index contributed by atoms with van der Waals surface area (Å²) in [7, 11) is 0. The van der Waals surface area contributed by atoms with E-state index in [9.17, 15) is 37.8 Å². The highest BCUT2D eigenvalue weighted by atomic mass is 19.4. The first-order chi connectivity index (χ1) is 19.2. The minimum Gasteiger partial charge on any atom is -0.475 e. The fraction of sp³-hybridized carbons (Fsp3) is 0.724. The van der Waals surface area contributed by atoms with E-state index in [0.717, 1.165) is 0 Å². The van der Waals surface area contributed by atoms with E-state index in [2.05, 4.69) is 0 Å². The van der Waals surface area contributed by atoms with Gasteiger partial charge in [-0.2, -0.15) is 13.2 Å². The smallest absolute Gasteiger partial charge is 0.475 e. The summed E-state index contributed by atoms with van der Waals surface area (Å²) in [5.41, 5.74) is 4.76. The van der Waals surface area contributed by atoms with E-state index >= 15 is 4.39 Å². The van der Waals surface area contributed by atoms with Gasteiger partial charge in [-0.05, 0) is 66.1 Å². The van der Waals surface area contributed by atoms with Crippen LogP contribution in [0.25, 0.3) is 0 Å². The molecule has 0 radical (unpaired) electrons. The molecule has 0 aromatic rings. The predicted molar refractivity (Wildman–Crippen MR) is 140 cm³/mol. The minimum absolute atomic E-state index is 0.0664. The van der Waals surface area contributed by atoms with E-state index in [4.69, 9.17) is 20.4 Å². The first-order valence-corrected chi connectivity index (χ1v) is 13.9. The molecule has 0 bridgehead atoms. The van der Waals surface area contributed by atoms with Gasteiger partial charge in [0.25, 0.3) is 6.29 Å². The number of nitrogens with two attached hydrogens (primary N) is 1. The van der Waals surface area contributed by atoms with Crippen molar-refractivity contribution in [3.05, 3.63) is 23.8 Å². The van der Waals surface area contributed by atoms with Gasteiger partial charge in [0.1, 0.15) is 12.2 Å². The Labute approximate surface area is 241 Å². The molecule has 3 fully saturated rings. The molecule has 0 spiro atoms. The number of carboxylic acids is 1. The summed E-state index contributed by atoms with van der Waals surface area (Å²) in [6.45, 7) is 9.22. The SMILES string of the molecule is CC(C)[C@H](N)C(=O)OC(O)C(=O)[C@H]1[C@H](C)C[C@H]2[C@@H]3C[C@H](F)C4=CC(=O)C=C[C@]4(C)[C@H]3[C@@H](O)C[C@@]21C.O=C(O)C(F)(F)F. The van der Waals surface area contributed by atoms with Crippen LogP contribution in [0.4, 0.5) is 17.6 Å². The zero-order valence-corrected chi connectivity index (χ0v) is 24.1. The van der Waals surface area contributed by atoms with Crippen LogP contribution in [0.5, 0.6) is 0 Å². The number of aliphatic hydroxyl groups is 2. The second-order valence-corrected chi connectivity index (χ2v) is 12.8. The molecule has 0 aliphatic heterocycles. The van der Waals surface area contributed by atoms with Crippen LogP contribution < -0.4 is 5.73 Å². The van der Waals surface area contributed by atoms with Gasteiger partial charge in [0.2, 0.25) is 5.78 Å². The predicted octanol–water partition coefficient (Wildman–Crippen LogP) is 3.12. The third kappa shape index (κ3) is 6.05. The highest BCUT2D eigenvalue weighted by Gasteiger charge is 2.66. The number of carboxylic acid groups (broad SMARTS) is 1. The number of hydrogen-bond donors (Lipinski definition) is 4.